The predicted molar refractivity (Wildman–Crippen MR) is 84.8 cm³/mol. The van der Waals surface area contributed by atoms with Gasteiger partial charge in [-0.15, -0.1) is 0 Å². The van der Waals surface area contributed by atoms with Gasteiger partial charge < -0.3 is 10.2 Å². The highest BCUT2D eigenvalue weighted by atomic mass is 79.9. The van der Waals surface area contributed by atoms with E-state index in [4.69, 9.17) is 0 Å². The van der Waals surface area contributed by atoms with Gasteiger partial charge in [0.2, 0.25) is 0 Å². The van der Waals surface area contributed by atoms with Crippen LogP contribution in [0.3, 0.4) is 0 Å². The van der Waals surface area contributed by atoms with E-state index in [1.54, 1.807) is 6.20 Å². The number of nitrogens with one attached hydrogen (secondary N) is 1. The zero-order valence-corrected chi connectivity index (χ0v) is 14.0. The van der Waals surface area contributed by atoms with Crippen molar-refractivity contribution in [3.8, 4) is 0 Å². The van der Waals surface area contributed by atoms with E-state index < -0.39 is 9.84 Å². The third kappa shape index (κ3) is 4.17. The van der Waals surface area contributed by atoms with Crippen molar-refractivity contribution in [2.24, 2.45) is 0 Å². The van der Waals surface area contributed by atoms with Gasteiger partial charge in [-0.25, -0.2) is 13.4 Å². The number of nitrogens with zero attached hydrogens (tertiary/aromatic N) is 2. The molecule has 112 valence electrons. The molecule has 0 atom stereocenters. The average Bonchev–Trinajstić information content (AvgIpc) is 2.58. The maximum absolute atomic E-state index is 11.7. The minimum atomic E-state index is -2.89. The number of halogens is 1. The third-order valence-corrected chi connectivity index (χ3v) is 5.48. The van der Waals surface area contributed by atoms with Gasteiger partial charge in [-0.05, 0) is 35.0 Å². The standard InChI is InChI=1S/C13H20BrN3O2S/c1-2-15-9-11-8-12(14)10-16-13(11)17-4-3-6-20(18,19)7-5-17/h8,10,15H,2-7,9H2,1H3. The molecule has 0 bridgehead atoms. The van der Waals surface area contributed by atoms with Gasteiger partial charge in [-0.1, -0.05) is 6.92 Å². The molecule has 1 fully saturated rings. The van der Waals surface area contributed by atoms with Crippen molar-refractivity contribution in [1.82, 2.24) is 10.3 Å². The Hall–Kier alpha value is -0.660. The van der Waals surface area contributed by atoms with Gasteiger partial charge in [0.25, 0.3) is 0 Å². The lowest BCUT2D eigenvalue weighted by Gasteiger charge is -2.24. The molecular weight excluding hydrogens is 342 g/mol. The summed E-state index contributed by atoms with van der Waals surface area (Å²) in [4.78, 5) is 6.58. The summed E-state index contributed by atoms with van der Waals surface area (Å²) < 4.78 is 24.3. The number of hydrogen-bond acceptors (Lipinski definition) is 5. The molecule has 0 amide bonds. The van der Waals surface area contributed by atoms with E-state index in [1.165, 1.54) is 0 Å². The molecule has 0 aliphatic carbocycles. The monoisotopic (exact) mass is 361 g/mol. The number of rotatable bonds is 4. The highest BCUT2D eigenvalue weighted by Crippen LogP contribution is 2.23. The first-order chi connectivity index (χ1) is 9.52. The third-order valence-electron chi connectivity index (χ3n) is 3.33. The summed E-state index contributed by atoms with van der Waals surface area (Å²) in [7, 11) is -2.89. The molecule has 0 radical (unpaired) electrons. The maximum atomic E-state index is 11.7. The van der Waals surface area contributed by atoms with Crippen LogP contribution in [-0.4, -0.2) is 44.5 Å². The number of sulfone groups is 1. The second-order valence-corrected chi connectivity index (χ2v) is 8.13. The van der Waals surface area contributed by atoms with Crippen LogP contribution in [0.1, 0.15) is 18.9 Å². The first-order valence-corrected chi connectivity index (χ1v) is 9.44. The zero-order valence-electron chi connectivity index (χ0n) is 11.6. The van der Waals surface area contributed by atoms with Crippen molar-refractivity contribution in [2.75, 3.05) is 36.0 Å². The topological polar surface area (TPSA) is 62.3 Å². The molecular formula is C13H20BrN3O2S. The number of pyridine rings is 1. The van der Waals surface area contributed by atoms with Gasteiger partial charge in [0.1, 0.15) is 5.82 Å². The zero-order chi connectivity index (χ0) is 14.6. The number of hydrogen-bond donors (Lipinski definition) is 1. The van der Waals surface area contributed by atoms with Crippen LogP contribution in [0.2, 0.25) is 0 Å². The second-order valence-electron chi connectivity index (χ2n) is 4.91. The molecule has 0 aromatic carbocycles. The Bertz CT molecular complexity index is 563. The van der Waals surface area contributed by atoms with Crippen molar-refractivity contribution in [2.45, 2.75) is 19.9 Å². The highest BCUT2D eigenvalue weighted by molar-refractivity contribution is 9.10. The Balaban J connectivity index is 2.22. The summed E-state index contributed by atoms with van der Waals surface area (Å²) >= 11 is 3.44. The van der Waals surface area contributed by atoms with E-state index >= 15 is 0 Å². The Labute approximate surface area is 128 Å². The van der Waals surface area contributed by atoms with Crippen LogP contribution in [0, 0.1) is 0 Å². The molecule has 1 aliphatic rings. The minimum Gasteiger partial charge on any atom is -0.355 e. The first-order valence-electron chi connectivity index (χ1n) is 6.82. The van der Waals surface area contributed by atoms with Crippen LogP contribution < -0.4 is 10.2 Å². The van der Waals surface area contributed by atoms with Gasteiger partial charge in [0.15, 0.2) is 9.84 Å². The van der Waals surface area contributed by atoms with Crippen LogP contribution in [0.5, 0.6) is 0 Å². The number of aromatic nitrogens is 1. The molecule has 1 aromatic rings. The van der Waals surface area contributed by atoms with Gasteiger partial charge in [-0.2, -0.15) is 0 Å². The van der Waals surface area contributed by atoms with Crippen LogP contribution in [0.25, 0.3) is 0 Å². The molecule has 1 N–H and O–H groups in total. The predicted octanol–water partition coefficient (Wildman–Crippen LogP) is 1.58. The van der Waals surface area contributed by atoms with Crippen molar-refractivity contribution in [3.63, 3.8) is 0 Å². The Kier molecular flexibility index (Phi) is 5.40. The minimum absolute atomic E-state index is 0.214. The molecule has 7 heteroatoms. The smallest absolute Gasteiger partial charge is 0.152 e. The van der Waals surface area contributed by atoms with Gasteiger partial charge in [0.05, 0.1) is 11.5 Å². The Morgan fingerprint density at radius 2 is 2.20 bits per heavy atom. The van der Waals surface area contributed by atoms with Gasteiger partial charge in [0, 0.05) is 35.9 Å². The van der Waals surface area contributed by atoms with E-state index in [2.05, 4.69) is 38.1 Å². The molecule has 2 rings (SSSR count). The summed E-state index contributed by atoms with van der Waals surface area (Å²) in [6.07, 6.45) is 2.44. The van der Waals surface area contributed by atoms with Crippen molar-refractivity contribution in [1.29, 1.82) is 0 Å². The largest absolute Gasteiger partial charge is 0.355 e. The van der Waals surface area contributed by atoms with E-state index in [0.717, 1.165) is 35.5 Å². The summed E-state index contributed by atoms with van der Waals surface area (Å²) in [6.45, 7) is 4.95. The lowest BCUT2D eigenvalue weighted by Crippen LogP contribution is -2.29. The van der Waals surface area contributed by atoms with Crippen LogP contribution in [-0.2, 0) is 16.4 Å². The second kappa shape index (κ2) is 6.87. The van der Waals surface area contributed by atoms with Gasteiger partial charge in [-0.3, -0.25) is 0 Å². The van der Waals surface area contributed by atoms with Crippen LogP contribution >= 0.6 is 15.9 Å². The molecule has 1 aliphatic heterocycles. The van der Waals surface area contributed by atoms with Crippen molar-refractivity contribution >= 4 is 31.6 Å². The van der Waals surface area contributed by atoms with Crippen LogP contribution in [0.4, 0.5) is 5.82 Å². The molecule has 1 aromatic heterocycles. The lowest BCUT2D eigenvalue weighted by atomic mass is 10.2. The first kappa shape index (κ1) is 15.7. The molecule has 2 heterocycles. The number of anilines is 1. The Morgan fingerprint density at radius 3 is 2.95 bits per heavy atom. The maximum Gasteiger partial charge on any atom is 0.152 e. The Morgan fingerprint density at radius 1 is 1.40 bits per heavy atom. The molecule has 1 saturated heterocycles. The van der Waals surface area contributed by atoms with Crippen molar-refractivity contribution in [3.05, 3.63) is 22.3 Å². The van der Waals surface area contributed by atoms with E-state index in [-0.39, 0.29) is 11.5 Å². The lowest BCUT2D eigenvalue weighted by molar-refractivity contribution is 0.597. The van der Waals surface area contributed by atoms with E-state index in [9.17, 15) is 8.42 Å². The SMILES string of the molecule is CCNCc1cc(Br)cnc1N1CCCS(=O)(=O)CC1. The van der Waals surface area contributed by atoms with Crippen molar-refractivity contribution < 1.29 is 8.42 Å². The quantitative estimate of drug-likeness (QED) is 0.881. The fraction of sp³-hybridized carbons (Fsp3) is 0.615. The highest BCUT2D eigenvalue weighted by Gasteiger charge is 2.21. The summed E-state index contributed by atoms with van der Waals surface area (Å²) in [6, 6.07) is 2.05. The molecule has 0 unspecified atom stereocenters. The van der Waals surface area contributed by atoms with E-state index in [0.29, 0.717) is 13.0 Å². The molecule has 0 saturated carbocycles. The molecule has 0 spiro atoms. The molecule has 20 heavy (non-hydrogen) atoms. The van der Waals surface area contributed by atoms with Gasteiger partial charge >= 0.3 is 0 Å². The summed E-state index contributed by atoms with van der Waals surface area (Å²) in [5.74, 6) is 1.39. The summed E-state index contributed by atoms with van der Waals surface area (Å²) in [5.41, 5.74) is 1.10. The average molecular weight is 362 g/mol. The normalized spacial score (nSPS) is 18.8. The van der Waals surface area contributed by atoms with Crippen LogP contribution in [0.15, 0.2) is 16.7 Å². The van der Waals surface area contributed by atoms with E-state index in [1.807, 2.05) is 6.07 Å². The molecule has 5 nitrogen and oxygen atoms in total. The fourth-order valence-corrected chi connectivity index (χ4v) is 3.95. The fourth-order valence-electron chi connectivity index (χ4n) is 2.30. The summed E-state index contributed by atoms with van der Waals surface area (Å²) in [5, 5.41) is 3.30.